The third-order valence-electron chi connectivity index (χ3n) is 2.22. The van der Waals surface area contributed by atoms with E-state index in [1.165, 1.54) is 5.56 Å². The predicted octanol–water partition coefficient (Wildman–Crippen LogP) is 3.34. The largest absolute Gasteiger partial charge is 0.370 e. The molecule has 0 unspecified atom stereocenters. The Labute approximate surface area is 120 Å². The van der Waals surface area contributed by atoms with E-state index in [9.17, 15) is 0 Å². The van der Waals surface area contributed by atoms with Crippen molar-refractivity contribution in [2.24, 2.45) is 10.7 Å². The third-order valence-corrected chi connectivity index (χ3v) is 2.22. The summed E-state index contributed by atoms with van der Waals surface area (Å²) in [4.78, 5) is 4.08. The smallest absolute Gasteiger partial charge is 0.193 e. The van der Waals surface area contributed by atoms with Crippen LogP contribution in [0.3, 0.4) is 0 Å². The van der Waals surface area contributed by atoms with Crippen molar-refractivity contribution >= 4 is 35.6 Å². The van der Waals surface area contributed by atoms with Gasteiger partial charge in [0.15, 0.2) is 5.96 Å². The number of nitrogens with two attached hydrogens (primary N) is 1. The summed E-state index contributed by atoms with van der Waals surface area (Å²) in [6, 6.07) is 8.18. The van der Waals surface area contributed by atoms with E-state index < -0.39 is 0 Å². The van der Waals surface area contributed by atoms with Gasteiger partial charge in [0, 0.05) is 5.69 Å². The van der Waals surface area contributed by atoms with E-state index in [2.05, 4.69) is 42.9 Å². The van der Waals surface area contributed by atoms with Crippen molar-refractivity contribution in [2.75, 3.05) is 11.9 Å². The van der Waals surface area contributed by atoms with E-state index in [4.69, 9.17) is 5.73 Å². The first-order valence-corrected chi connectivity index (χ1v) is 5.41. The van der Waals surface area contributed by atoms with Crippen molar-refractivity contribution in [3.63, 3.8) is 0 Å². The monoisotopic (exact) mass is 345 g/mol. The maximum Gasteiger partial charge on any atom is 0.193 e. The fourth-order valence-electron chi connectivity index (χ4n) is 1.33. The van der Waals surface area contributed by atoms with Gasteiger partial charge >= 0.3 is 0 Å². The summed E-state index contributed by atoms with van der Waals surface area (Å²) in [6.45, 7) is 8.44. The number of anilines is 1. The molecule has 3 N–H and O–H groups in total. The fourth-order valence-corrected chi connectivity index (χ4v) is 1.33. The Morgan fingerprint density at radius 1 is 1.53 bits per heavy atom. The Morgan fingerprint density at radius 2 is 2.24 bits per heavy atom. The molecule has 17 heavy (non-hydrogen) atoms. The van der Waals surface area contributed by atoms with Crippen molar-refractivity contribution in [3.05, 3.63) is 42.5 Å². The second-order valence-corrected chi connectivity index (χ2v) is 3.92. The molecule has 94 valence electrons. The van der Waals surface area contributed by atoms with Crippen LogP contribution in [0.25, 0.3) is 0 Å². The Kier molecular flexibility index (Phi) is 7.61. The number of hydrogen-bond acceptors (Lipinski definition) is 1. The molecular formula is C13H20IN3. The van der Waals surface area contributed by atoms with Gasteiger partial charge in [-0.15, -0.1) is 30.6 Å². The van der Waals surface area contributed by atoms with Crippen molar-refractivity contribution in [1.82, 2.24) is 0 Å². The number of hydrogen-bond donors (Lipinski definition) is 2. The van der Waals surface area contributed by atoms with Crippen LogP contribution < -0.4 is 11.1 Å². The number of nitrogens with zero attached hydrogens (tertiary/aromatic N) is 1. The maximum absolute atomic E-state index is 5.71. The van der Waals surface area contributed by atoms with Gasteiger partial charge in [0.1, 0.15) is 0 Å². The van der Waals surface area contributed by atoms with E-state index in [1.54, 1.807) is 6.08 Å². The molecule has 0 aliphatic heterocycles. The molecule has 0 saturated heterocycles. The van der Waals surface area contributed by atoms with E-state index in [0.717, 1.165) is 5.69 Å². The molecule has 1 aromatic carbocycles. The quantitative estimate of drug-likeness (QED) is 0.381. The first-order valence-electron chi connectivity index (χ1n) is 5.41. The minimum Gasteiger partial charge on any atom is -0.370 e. The molecule has 0 aromatic heterocycles. The lowest BCUT2D eigenvalue weighted by Gasteiger charge is -2.09. The first kappa shape index (κ1) is 16.0. The van der Waals surface area contributed by atoms with E-state index in [1.807, 2.05) is 12.1 Å². The Hall–Kier alpha value is -1.04. The van der Waals surface area contributed by atoms with Gasteiger partial charge in [0.25, 0.3) is 0 Å². The van der Waals surface area contributed by atoms with Gasteiger partial charge in [-0.25, -0.2) is 4.99 Å². The molecule has 3 nitrogen and oxygen atoms in total. The zero-order valence-electron chi connectivity index (χ0n) is 10.3. The average molecular weight is 345 g/mol. The van der Waals surface area contributed by atoms with Crippen LogP contribution in [-0.2, 0) is 0 Å². The van der Waals surface area contributed by atoms with Crippen molar-refractivity contribution in [2.45, 2.75) is 19.8 Å². The lowest BCUT2D eigenvalue weighted by atomic mass is 10.0. The molecule has 0 amide bonds. The van der Waals surface area contributed by atoms with Gasteiger partial charge in [-0.2, -0.15) is 0 Å². The highest BCUT2D eigenvalue weighted by molar-refractivity contribution is 14.0. The van der Waals surface area contributed by atoms with Crippen molar-refractivity contribution in [3.8, 4) is 0 Å². The van der Waals surface area contributed by atoms with Crippen LogP contribution in [-0.4, -0.2) is 12.5 Å². The molecular weight excluding hydrogens is 325 g/mol. The molecule has 0 atom stereocenters. The minimum absolute atomic E-state index is 0. The number of halogens is 1. The van der Waals surface area contributed by atoms with Crippen LogP contribution in [0.15, 0.2) is 41.9 Å². The summed E-state index contributed by atoms with van der Waals surface area (Å²) in [5.41, 5.74) is 7.96. The van der Waals surface area contributed by atoms with Crippen LogP contribution in [0.2, 0.25) is 0 Å². The summed E-state index contributed by atoms with van der Waals surface area (Å²) >= 11 is 0. The van der Waals surface area contributed by atoms with Gasteiger partial charge < -0.3 is 11.1 Å². The summed E-state index contributed by atoms with van der Waals surface area (Å²) < 4.78 is 0. The van der Waals surface area contributed by atoms with E-state index in [0.29, 0.717) is 18.4 Å². The topological polar surface area (TPSA) is 50.4 Å². The molecule has 0 radical (unpaired) electrons. The average Bonchev–Trinajstić information content (AvgIpc) is 2.26. The van der Waals surface area contributed by atoms with Crippen LogP contribution in [0.5, 0.6) is 0 Å². The molecule has 0 bridgehead atoms. The second kappa shape index (κ2) is 8.11. The van der Waals surface area contributed by atoms with Crippen LogP contribution in [0.1, 0.15) is 25.3 Å². The number of nitrogens with one attached hydrogen (secondary N) is 1. The molecule has 0 aliphatic carbocycles. The first-order chi connectivity index (χ1) is 7.63. The molecule has 0 heterocycles. The number of aliphatic imine (C=N–C) groups is 1. The highest BCUT2D eigenvalue weighted by atomic mass is 127. The summed E-state index contributed by atoms with van der Waals surface area (Å²) in [6.07, 6.45) is 1.71. The van der Waals surface area contributed by atoms with Crippen LogP contribution in [0.4, 0.5) is 5.69 Å². The second-order valence-electron chi connectivity index (χ2n) is 3.92. The normalized spacial score (nSPS) is 10.9. The van der Waals surface area contributed by atoms with Gasteiger partial charge in [-0.3, -0.25) is 0 Å². The zero-order valence-corrected chi connectivity index (χ0v) is 12.6. The standard InChI is InChI=1S/C13H19N3.HI/c1-4-8-15-13(14)16-12-7-5-6-11(9-12)10(2)3;/h4-7,9-10H,1,8H2,2-3H3,(H3,14,15,16);1H. The highest BCUT2D eigenvalue weighted by Crippen LogP contribution is 2.18. The van der Waals surface area contributed by atoms with Crippen LogP contribution in [0, 0.1) is 0 Å². The number of rotatable bonds is 4. The fraction of sp³-hybridized carbons (Fsp3) is 0.308. The molecule has 0 fully saturated rings. The van der Waals surface area contributed by atoms with Gasteiger partial charge in [0.05, 0.1) is 6.54 Å². The Balaban J connectivity index is 0.00000256. The molecule has 1 rings (SSSR count). The van der Waals surface area contributed by atoms with Crippen molar-refractivity contribution < 1.29 is 0 Å². The SMILES string of the molecule is C=CCN=C(N)Nc1cccc(C(C)C)c1.I. The Morgan fingerprint density at radius 3 is 2.82 bits per heavy atom. The number of guanidine groups is 1. The molecule has 0 spiro atoms. The third kappa shape index (κ3) is 5.72. The van der Waals surface area contributed by atoms with Gasteiger partial charge in [-0.1, -0.05) is 32.1 Å². The lowest BCUT2D eigenvalue weighted by molar-refractivity contribution is 0.867. The minimum atomic E-state index is 0. The highest BCUT2D eigenvalue weighted by Gasteiger charge is 2.00. The van der Waals surface area contributed by atoms with Gasteiger partial charge in [0.2, 0.25) is 0 Å². The van der Waals surface area contributed by atoms with Crippen molar-refractivity contribution in [1.29, 1.82) is 0 Å². The zero-order chi connectivity index (χ0) is 12.0. The summed E-state index contributed by atoms with van der Waals surface area (Å²) in [7, 11) is 0. The van der Waals surface area contributed by atoms with Gasteiger partial charge in [-0.05, 0) is 23.6 Å². The maximum atomic E-state index is 5.71. The molecule has 0 saturated carbocycles. The predicted molar refractivity (Wildman–Crippen MR) is 86.3 cm³/mol. The lowest BCUT2D eigenvalue weighted by Crippen LogP contribution is -2.22. The van der Waals surface area contributed by atoms with E-state index >= 15 is 0 Å². The summed E-state index contributed by atoms with van der Waals surface area (Å²) in [5.74, 6) is 0.925. The molecule has 1 aromatic rings. The van der Waals surface area contributed by atoms with Crippen LogP contribution >= 0.6 is 24.0 Å². The number of benzene rings is 1. The molecule has 0 aliphatic rings. The Bertz CT molecular complexity index is 386. The summed E-state index contributed by atoms with van der Waals surface area (Å²) in [5, 5.41) is 3.05. The molecule has 4 heteroatoms. The van der Waals surface area contributed by atoms with E-state index in [-0.39, 0.29) is 24.0 Å².